The number of nitrogens with two attached hydrogens (primary N) is 1. The van der Waals surface area contributed by atoms with Gasteiger partial charge < -0.3 is 5.73 Å². The molecule has 4 nitrogen and oxygen atoms in total. The zero-order valence-electron chi connectivity index (χ0n) is 11.5. The van der Waals surface area contributed by atoms with Crippen LogP contribution in [0.5, 0.6) is 0 Å². The van der Waals surface area contributed by atoms with Gasteiger partial charge in [0.15, 0.2) is 0 Å². The van der Waals surface area contributed by atoms with Gasteiger partial charge >= 0.3 is 0 Å². The average Bonchev–Trinajstić information content (AvgIpc) is 2.46. The van der Waals surface area contributed by atoms with Gasteiger partial charge in [0.25, 0.3) is 5.69 Å². The van der Waals surface area contributed by atoms with E-state index >= 15 is 0 Å². The van der Waals surface area contributed by atoms with E-state index in [1.807, 2.05) is 12.1 Å². The molecule has 0 aliphatic rings. The van der Waals surface area contributed by atoms with Crippen LogP contribution in [-0.4, -0.2) is 4.92 Å². The Hall–Kier alpha value is -1.37. The maximum atomic E-state index is 10.6. The average molecular weight is 367 g/mol. The molecule has 0 radical (unpaired) electrons. The summed E-state index contributed by atoms with van der Waals surface area (Å²) in [6.07, 6.45) is 0.873. The molecule has 2 aromatic carbocycles. The lowest BCUT2D eigenvalue weighted by molar-refractivity contribution is -0.384. The van der Waals surface area contributed by atoms with Crippen LogP contribution < -0.4 is 5.73 Å². The smallest absolute Gasteiger partial charge is 0.269 e. The van der Waals surface area contributed by atoms with Crippen molar-refractivity contribution in [3.63, 3.8) is 0 Å². The van der Waals surface area contributed by atoms with Gasteiger partial charge in [-0.25, -0.2) is 0 Å². The minimum absolute atomic E-state index is 0.0127. The van der Waals surface area contributed by atoms with Crippen LogP contribution in [0.4, 0.5) is 5.69 Å². The molecule has 0 amide bonds. The molecule has 0 aliphatic heterocycles. The second kappa shape index (κ2) is 7.06. The number of non-ortho nitro benzene ring substituents is 1. The second-order valence-corrected chi connectivity index (χ2v) is 6.65. The standard InChI is InChI=1S/C15H15BrN2O2S/c1-2-15(17)10-7-11(16)9-14(8-10)21-13-5-3-12(4-6-13)18(19)20/h3-9,15H,2,17H2,1H3. The number of hydrogen-bond acceptors (Lipinski definition) is 4. The molecule has 110 valence electrons. The topological polar surface area (TPSA) is 69.2 Å². The summed E-state index contributed by atoms with van der Waals surface area (Å²) in [7, 11) is 0. The van der Waals surface area contributed by atoms with Crippen molar-refractivity contribution in [2.75, 3.05) is 0 Å². The van der Waals surface area contributed by atoms with Crippen LogP contribution in [0.1, 0.15) is 24.9 Å². The Balaban J connectivity index is 2.22. The molecule has 1 unspecified atom stereocenters. The molecule has 0 heterocycles. The summed E-state index contributed by atoms with van der Waals surface area (Å²) >= 11 is 5.05. The van der Waals surface area contributed by atoms with Crippen LogP contribution in [0.2, 0.25) is 0 Å². The van der Waals surface area contributed by atoms with Crippen molar-refractivity contribution >= 4 is 33.4 Å². The zero-order valence-corrected chi connectivity index (χ0v) is 13.9. The van der Waals surface area contributed by atoms with Crippen LogP contribution in [0.3, 0.4) is 0 Å². The third-order valence-corrected chi connectivity index (χ3v) is 4.48. The molecule has 6 heteroatoms. The minimum Gasteiger partial charge on any atom is -0.324 e. The Morgan fingerprint density at radius 2 is 1.90 bits per heavy atom. The van der Waals surface area contributed by atoms with Crippen molar-refractivity contribution in [3.8, 4) is 0 Å². The highest BCUT2D eigenvalue weighted by atomic mass is 79.9. The predicted octanol–water partition coefficient (Wildman–Crippen LogP) is 4.92. The molecular formula is C15H15BrN2O2S. The minimum atomic E-state index is -0.397. The van der Waals surface area contributed by atoms with Crippen molar-refractivity contribution in [3.05, 3.63) is 62.6 Å². The third-order valence-electron chi connectivity index (χ3n) is 3.04. The van der Waals surface area contributed by atoms with Crippen molar-refractivity contribution in [1.82, 2.24) is 0 Å². The second-order valence-electron chi connectivity index (χ2n) is 4.59. The van der Waals surface area contributed by atoms with Crippen molar-refractivity contribution in [2.45, 2.75) is 29.2 Å². The largest absolute Gasteiger partial charge is 0.324 e. The van der Waals surface area contributed by atoms with Crippen LogP contribution in [0.25, 0.3) is 0 Å². The fraction of sp³-hybridized carbons (Fsp3) is 0.200. The van der Waals surface area contributed by atoms with Gasteiger partial charge in [0.05, 0.1) is 4.92 Å². The molecule has 0 bridgehead atoms. The first kappa shape index (κ1) is 16.0. The van der Waals surface area contributed by atoms with Crippen LogP contribution in [0.15, 0.2) is 56.7 Å². The molecule has 0 aromatic heterocycles. The summed E-state index contributed by atoms with van der Waals surface area (Å²) in [5.74, 6) is 0. The van der Waals surface area contributed by atoms with Crippen LogP contribution >= 0.6 is 27.7 Å². The van der Waals surface area contributed by atoms with E-state index in [1.165, 1.54) is 12.1 Å². The Labute approximate surface area is 136 Å². The molecule has 0 aliphatic carbocycles. The van der Waals surface area contributed by atoms with Gasteiger partial charge in [0, 0.05) is 32.4 Å². The molecule has 2 rings (SSSR count). The quantitative estimate of drug-likeness (QED) is 0.602. The SMILES string of the molecule is CCC(N)c1cc(Br)cc(Sc2ccc([N+](=O)[O-])cc2)c1. The molecular weight excluding hydrogens is 352 g/mol. The highest BCUT2D eigenvalue weighted by molar-refractivity contribution is 9.10. The normalized spacial score (nSPS) is 12.1. The lowest BCUT2D eigenvalue weighted by Crippen LogP contribution is -2.08. The first-order chi connectivity index (χ1) is 9.99. The lowest BCUT2D eigenvalue weighted by Gasteiger charge is -2.12. The van der Waals surface area contributed by atoms with E-state index in [1.54, 1.807) is 23.9 Å². The van der Waals surface area contributed by atoms with E-state index in [9.17, 15) is 10.1 Å². The monoisotopic (exact) mass is 366 g/mol. The lowest BCUT2D eigenvalue weighted by atomic mass is 10.1. The van der Waals surface area contributed by atoms with Crippen molar-refractivity contribution < 1.29 is 4.92 Å². The molecule has 0 saturated carbocycles. The zero-order chi connectivity index (χ0) is 15.4. The predicted molar refractivity (Wildman–Crippen MR) is 88.6 cm³/mol. The van der Waals surface area contributed by atoms with Gasteiger partial charge in [-0.2, -0.15) is 0 Å². The number of halogens is 1. The number of nitro benzene ring substituents is 1. The van der Waals surface area contributed by atoms with E-state index in [4.69, 9.17) is 5.73 Å². The fourth-order valence-electron chi connectivity index (χ4n) is 1.87. The summed E-state index contributed by atoms with van der Waals surface area (Å²) in [6, 6.07) is 12.6. The fourth-order valence-corrected chi connectivity index (χ4v) is 3.45. The Morgan fingerprint density at radius 1 is 1.24 bits per heavy atom. The first-order valence-corrected chi connectivity index (χ1v) is 8.09. The van der Waals surface area contributed by atoms with E-state index in [0.29, 0.717) is 0 Å². The molecule has 2 aromatic rings. The third kappa shape index (κ3) is 4.30. The molecule has 1 atom stereocenters. The maximum absolute atomic E-state index is 10.6. The molecule has 0 fully saturated rings. The van der Waals surface area contributed by atoms with E-state index in [0.717, 1.165) is 26.2 Å². The maximum Gasteiger partial charge on any atom is 0.269 e. The highest BCUT2D eigenvalue weighted by Crippen LogP contribution is 2.33. The summed E-state index contributed by atoms with van der Waals surface area (Å²) < 4.78 is 0.980. The number of hydrogen-bond donors (Lipinski definition) is 1. The van der Waals surface area contributed by atoms with E-state index < -0.39 is 4.92 Å². The summed E-state index contributed by atoms with van der Waals surface area (Å²) in [6.45, 7) is 2.05. The van der Waals surface area contributed by atoms with Gasteiger partial charge in [-0.15, -0.1) is 0 Å². The van der Waals surface area contributed by atoms with Gasteiger partial charge in [-0.05, 0) is 42.3 Å². The molecule has 21 heavy (non-hydrogen) atoms. The highest BCUT2D eigenvalue weighted by Gasteiger charge is 2.09. The van der Waals surface area contributed by atoms with Crippen LogP contribution in [-0.2, 0) is 0 Å². The molecule has 2 N–H and O–H groups in total. The van der Waals surface area contributed by atoms with E-state index in [2.05, 4.69) is 28.9 Å². The van der Waals surface area contributed by atoms with Gasteiger partial charge in [-0.1, -0.05) is 34.6 Å². The number of rotatable bonds is 5. The molecule has 0 saturated heterocycles. The van der Waals surface area contributed by atoms with E-state index in [-0.39, 0.29) is 11.7 Å². The summed E-state index contributed by atoms with van der Waals surface area (Å²) in [4.78, 5) is 12.3. The summed E-state index contributed by atoms with van der Waals surface area (Å²) in [5, 5.41) is 10.6. The Morgan fingerprint density at radius 3 is 2.48 bits per heavy atom. The van der Waals surface area contributed by atoms with Crippen LogP contribution in [0, 0.1) is 10.1 Å². The van der Waals surface area contributed by atoms with Gasteiger partial charge in [0.1, 0.15) is 0 Å². The number of benzene rings is 2. The van der Waals surface area contributed by atoms with Gasteiger partial charge in [0.2, 0.25) is 0 Å². The number of nitro groups is 1. The summed E-state index contributed by atoms with van der Waals surface area (Å²) in [5.41, 5.74) is 7.25. The number of nitrogens with zero attached hydrogens (tertiary/aromatic N) is 1. The van der Waals surface area contributed by atoms with Gasteiger partial charge in [-0.3, -0.25) is 10.1 Å². The Bertz CT molecular complexity index is 647. The molecule has 0 spiro atoms. The van der Waals surface area contributed by atoms with Crippen molar-refractivity contribution in [2.24, 2.45) is 5.73 Å². The Kier molecular flexibility index (Phi) is 5.39. The first-order valence-electron chi connectivity index (χ1n) is 6.48. The van der Waals surface area contributed by atoms with Crippen molar-refractivity contribution in [1.29, 1.82) is 0 Å².